The second kappa shape index (κ2) is 5.84. The van der Waals surface area contributed by atoms with Crippen LogP contribution in [0.1, 0.15) is 43.2 Å². The lowest BCUT2D eigenvalue weighted by atomic mass is 10.0. The van der Waals surface area contributed by atoms with Gasteiger partial charge in [-0.15, -0.1) is 0 Å². The van der Waals surface area contributed by atoms with Crippen LogP contribution in [0.25, 0.3) is 0 Å². The zero-order valence-corrected chi connectivity index (χ0v) is 12.9. The van der Waals surface area contributed by atoms with Gasteiger partial charge in [0.1, 0.15) is 5.75 Å². The zero-order chi connectivity index (χ0) is 15.7. The minimum atomic E-state index is 0.0364. The summed E-state index contributed by atoms with van der Waals surface area (Å²) in [5.41, 5.74) is 3.24. The van der Waals surface area contributed by atoms with Gasteiger partial charge in [0.05, 0.1) is 0 Å². The van der Waals surface area contributed by atoms with Crippen LogP contribution in [0.15, 0.2) is 48.5 Å². The molecule has 1 aliphatic carbocycles. The normalized spacial score (nSPS) is 20.0. The molecule has 1 saturated carbocycles. The van der Waals surface area contributed by atoms with Gasteiger partial charge < -0.3 is 10.4 Å². The summed E-state index contributed by atoms with van der Waals surface area (Å²) in [5.74, 6) is 1.14. The average molecular weight is 295 g/mol. The van der Waals surface area contributed by atoms with Gasteiger partial charge in [0.25, 0.3) is 0 Å². The first-order chi connectivity index (χ1) is 10.5. The molecule has 3 nitrogen and oxygen atoms in total. The van der Waals surface area contributed by atoms with E-state index in [1.165, 1.54) is 5.56 Å². The lowest BCUT2D eigenvalue weighted by molar-refractivity contribution is -0.117. The molecular formula is C19H21NO2. The number of amides is 1. The van der Waals surface area contributed by atoms with E-state index in [-0.39, 0.29) is 23.5 Å². The molecule has 1 amide bonds. The molecule has 2 unspecified atom stereocenters. The van der Waals surface area contributed by atoms with E-state index in [9.17, 15) is 9.90 Å². The van der Waals surface area contributed by atoms with Gasteiger partial charge in [-0.2, -0.15) is 0 Å². The van der Waals surface area contributed by atoms with Gasteiger partial charge in [-0.3, -0.25) is 4.79 Å². The molecule has 1 fully saturated rings. The molecule has 2 N–H and O–H groups in total. The van der Waals surface area contributed by atoms with Crippen molar-refractivity contribution in [3.8, 4) is 5.75 Å². The lowest BCUT2D eigenvalue weighted by Gasteiger charge is -2.08. The van der Waals surface area contributed by atoms with Crippen molar-refractivity contribution in [2.45, 2.75) is 32.1 Å². The molecule has 0 aromatic heterocycles. The van der Waals surface area contributed by atoms with Crippen molar-refractivity contribution < 1.29 is 9.90 Å². The van der Waals surface area contributed by atoms with E-state index in [2.05, 4.69) is 31.3 Å². The number of nitrogens with one attached hydrogen (secondary N) is 1. The van der Waals surface area contributed by atoms with Gasteiger partial charge in [-0.25, -0.2) is 0 Å². The van der Waals surface area contributed by atoms with E-state index in [1.807, 2.05) is 24.3 Å². The monoisotopic (exact) mass is 295 g/mol. The second-order valence-electron chi connectivity index (χ2n) is 6.31. The van der Waals surface area contributed by atoms with Crippen molar-refractivity contribution in [2.24, 2.45) is 5.92 Å². The summed E-state index contributed by atoms with van der Waals surface area (Å²) in [6.07, 6.45) is 0.876. The first-order valence-electron chi connectivity index (χ1n) is 7.74. The van der Waals surface area contributed by atoms with Crippen molar-refractivity contribution >= 4 is 11.6 Å². The van der Waals surface area contributed by atoms with Gasteiger partial charge in [0, 0.05) is 11.6 Å². The van der Waals surface area contributed by atoms with Gasteiger partial charge >= 0.3 is 0 Å². The van der Waals surface area contributed by atoms with E-state index < -0.39 is 0 Å². The minimum absolute atomic E-state index is 0.0364. The van der Waals surface area contributed by atoms with Crippen LogP contribution in [0, 0.1) is 5.92 Å². The third-order valence-corrected chi connectivity index (χ3v) is 4.29. The number of anilines is 1. The fraction of sp³-hybridized carbons (Fsp3) is 0.316. The molecular weight excluding hydrogens is 274 g/mol. The van der Waals surface area contributed by atoms with E-state index in [4.69, 9.17) is 0 Å². The van der Waals surface area contributed by atoms with Crippen LogP contribution in [0.4, 0.5) is 5.69 Å². The highest BCUT2D eigenvalue weighted by molar-refractivity contribution is 5.95. The van der Waals surface area contributed by atoms with Crippen molar-refractivity contribution in [3.63, 3.8) is 0 Å². The Bertz CT molecular complexity index is 659. The molecule has 114 valence electrons. The van der Waals surface area contributed by atoms with Crippen LogP contribution >= 0.6 is 0 Å². The topological polar surface area (TPSA) is 49.3 Å². The SMILES string of the molecule is CC(C)c1ccc(NC(=O)C2CC2c2ccc(O)cc2)cc1. The summed E-state index contributed by atoms with van der Waals surface area (Å²) in [7, 11) is 0. The maximum atomic E-state index is 12.3. The molecule has 2 aromatic carbocycles. The summed E-state index contributed by atoms with van der Waals surface area (Å²) in [6, 6.07) is 15.2. The Balaban J connectivity index is 1.60. The molecule has 2 aromatic rings. The van der Waals surface area contributed by atoms with Crippen molar-refractivity contribution in [1.82, 2.24) is 0 Å². The first kappa shape index (κ1) is 14.6. The standard InChI is InChI=1S/C19H21NO2/c1-12(2)13-3-7-15(8-4-13)20-19(22)18-11-17(18)14-5-9-16(21)10-6-14/h3-10,12,17-18,21H,11H2,1-2H3,(H,20,22). The predicted molar refractivity (Wildman–Crippen MR) is 88.1 cm³/mol. The molecule has 0 radical (unpaired) electrons. The van der Waals surface area contributed by atoms with Crippen LogP contribution in [-0.2, 0) is 4.79 Å². The highest BCUT2D eigenvalue weighted by Gasteiger charge is 2.43. The minimum Gasteiger partial charge on any atom is -0.508 e. The van der Waals surface area contributed by atoms with Gasteiger partial charge in [0.15, 0.2) is 0 Å². The largest absolute Gasteiger partial charge is 0.508 e. The van der Waals surface area contributed by atoms with Gasteiger partial charge in [0.2, 0.25) is 5.91 Å². The van der Waals surface area contributed by atoms with Crippen LogP contribution in [0.3, 0.4) is 0 Å². The molecule has 0 spiro atoms. The Morgan fingerprint density at radius 3 is 2.32 bits per heavy atom. The maximum Gasteiger partial charge on any atom is 0.228 e. The Kier molecular flexibility index (Phi) is 3.88. The van der Waals surface area contributed by atoms with Crippen molar-refractivity contribution in [1.29, 1.82) is 0 Å². The first-order valence-corrected chi connectivity index (χ1v) is 7.74. The summed E-state index contributed by atoms with van der Waals surface area (Å²) >= 11 is 0. The Morgan fingerprint density at radius 1 is 1.09 bits per heavy atom. The summed E-state index contributed by atoms with van der Waals surface area (Å²) in [6.45, 7) is 4.31. The maximum absolute atomic E-state index is 12.3. The number of phenolic OH excluding ortho intramolecular Hbond substituents is 1. The summed E-state index contributed by atoms with van der Waals surface area (Å²) < 4.78 is 0. The zero-order valence-electron chi connectivity index (χ0n) is 12.9. The number of benzene rings is 2. The van der Waals surface area contributed by atoms with Gasteiger partial charge in [-0.05, 0) is 53.6 Å². The second-order valence-corrected chi connectivity index (χ2v) is 6.31. The number of aromatic hydroxyl groups is 1. The molecule has 22 heavy (non-hydrogen) atoms. The number of carbonyl (C=O) groups excluding carboxylic acids is 1. The van der Waals surface area contributed by atoms with E-state index in [1.54, 1.807) is 12.1 Å². The Hall–Kier alpha value is -2.29. The quantitative estimate of drug-likeness (QED) is 0.885. The number of carbonyl (C=O) groups is 1. The van der Waals surface area contributed by atoms with Crippen LogP contribution in [0.2, 0.25) is 0 Å². The van der Waals surface area contributed by atoms with E-state index >= 15 is 0 Å². The number of phenols is 1. The predicted octanol–water partition coefficient (Wildman–Crippen LogP) is 4.26. The molecule has 1 aliphatic rings. The summed E-state index contributed by atoms with van der Waals surface area (Å²) in [5, 5.41) is 12.3. The van der Waals surface area contributed by atoms with Crippen LogP contribution in [-0.4, -0.2) is 11.0 Å². The van der Waals surface area contributed by atoms with E-state index in [0.717, 1.165) is 17.7 Å². The molecule has 3 heteroatoms. The molecule has 2 atom stereocenters. The van der Waals surface area contributed by atoms with Crippen molar-refractivity contribution in [3.05, 3.63) is 59.7 Å². The summed E-state index contributed by atoms with van der Waals surface area (Å²) in [4.78, 5) is 12.3. The molecule has 0 bridgehead atoms. The number of rotatable bonds is 4. The average Bonchev–Trinajstić information content (AvgIpc) is 3.29. The van der Waals surface area contributed by atoms with E-state index in [0.29, 0.717) is 5.92 Å². The smallest absolute Gasteiger partial charge is 0.228 e. The molecule has 0 saturated heterocycles. The fourth-order valence-electron chi connectivity index (χ4n) is 2.76. The molecule has 0 aliphatic heterocycles. The van der Waals surface area contributed by atoms with Crippen LogP contribution < -0.4 is 5.32 Å². The highest BCUT2D eigenvalue weighted by atomic mass is 16.3. The highest BCUT2D eigenvalue weighted by Crippen LogP contribution is 2.48. The third kappa shape index (κ3) is 3.14. The van der Waals surface area contributed by atoms with Crippen molar-refractivity contribution in [2.75, 3.05) is 5.32 Å². The number of hydrogen-bond acceptors (Lipinski definition) is 2. The Labute approximate surface area is 131 Å². The lowest BCUT2D eigenvalue weighted by Crippen LogP contribution is -2.14. The molecule has 0 heterocycles. The number of hydrogen-bond donors (Lipinski definition) is 2. The molecule has 3 rings (SSSR count). The van der Waals surface area contributed by atoms with Gasteiger partial charge in [-0.1, -0.05) is 38.1 Å². The third-order valence-electron chi connectivity index (χ3n) is 4.29. The fourth-order valence-corrected chi connectivity index (χ4v) is 2.76. The Morgan fingerprint density at radius 2 is 1.73 bits per heavy atom. The van der Waals surface area contributed by atoms with Crippen LogP contribution in [0.5, 0.6) is 5.75 Å².